The minimum atomic E-state index is -0.391. The molecule has 0 saturated heterocycles. The van der Waals surface area contributed by atoms with Crippen molar-refractivity contribution in [2.75, 3.05) is 0 Å². The molecule has 1 aliphatic rings. The number of ketones is 1. The number of hydrogen-bond acceptors (Lipinski definition) is 3. The van der Waals surface area contributed by atoms with Gasteiger partial charge in [-0.05, 0) is 48.9 Å². The molecule has 0 aliphatic carbocycles. The van der Waals surface area contributed by atoms with Crippen molar-refractivity contribution in [3.63, 3.8) is 0 Å². The lowest BCUT2D eigenvalue weighted by atomic mass is 10.1. The van der Waals surface area contributed by atoms with Gasteiger partial charge in [0.05, 0.1) is 5.56 Å². The van der Waals surface area contributed by atoms with Gasteiger partial charge in [0.2, 0.25) is 5.78 Å². The van der Waals surface area contributed by atoms with Gasteiger partial charge in [-0.1, -0.05) is 30.3 Å². The molecule has 0 bridgehead atoms. The van der Waals surface area contributed by atoms with E-state index in [1.807, 2.05) is 0 Å². The second-order valence-electron chi connectivity index (χ2n) is 6.44. The number of rotatable bonds is 4. The first kappa shape index (κ1) is 17.9. The summed E-state index contributed by atoms with van der Waals surface area (Å²) in [6.45, 7) is 1.83. The van der Waals surface area contributed by atoms with Gasteiger partial charge in [0.1, 0.15) is 29.7 Å². The first-order valence-corrected chi connectivity index (χ1v) is 8.72. The first-order valence-electron chi connectivity index (χ1n) is 8.72. The second-order valence-corrected chi connectivity index (χ2v) is 6.44. The third-order valence-corrected chi connectivity index (χ3v) is 4.52. The van der Waals surface area contributed by atoms with Crippen LogP contribution in [0.15, 0.2) is 66.4 Å². The molecule has 0 spiro atoms. The molecule has 0 N–H and O–H groups in total. The van der Waals surface area contributed by atoms with Gasteiger partial charge in [0.25, 0.3) is 0 Å². The van der Waals surface area contributed by atoms with E-state index >= 15 is 0 Å². The quantitative estimate of drug-likeness (QED) is 0.565. The molecule has 4 rings (SSSR count). The zero-order chi connectivity index (χ0) is 19.7. The van der Waals surface area contributed by atoms with Gasteiger partial charge >= 0.3 is 0 Å². The molecule has 3 aromatic rings. The number of halogens is 2. The maximum atomic E-state index is 13.8. The number of hydrogen-bond donors (Lipinski definition) is 0. The van der Waals surface area contributed by atoms with Crippen LogP contribution in [0.1, 0.15) is 27.0 Å². The Labute approximate surface area is 160 Å². The van der Waals surface area contributed by atoms with Crippen molar-refractivity contribution < 1.29 is 23.0 Å². The monoisotopic (exact) mass is 378 g/mol. The van der Waals surface area contributed by atoms with Crippen molar-refractivity contribution in [2.45, 2.75) is 13.5 Å². The lowest BCUT2D eigenvalue weighted by Gasteiger charge is -2.12. The van der Waals surface area contributed by atoms with Crippen molar-refractivity contribution in [1.29, 1.82) is 0 Å². The highest BCUT2D eigenvalue weighted by Crippen LogP contribution is 2.39. The van der Waals surface area contributed by atoms with Gasteiger partial charge in [0.15, 0.2) is 5.76 Å². The Morgan fingerprint density at radius 2 is 1.86 bits per heavy atom. The third kappa shape index (κ3) is 3.39. The van der Waals surface area contributed by atoms with Crippen molar-refractivity contribution in [3.8, 4) is 11.5 Å². The molecule has 0 atom stereocenters. The van der Waals surface area contributed by atoms with E-state index in [1.54, 1.807) is 49.4 Å². The predicted molar refractivity (Wildman–Crippen MR) is 101 cm³/mol. The average molecular weight is 378 g/mol. The van der Waals surface area contributed by atoms with Gasteiger partial charge in [-0.25, -0.2) is 8.78 Å². The van der Waals surface area contributed by atoms with Crippen LogP contribution in [0.3, 0.4) is 0 Å². The van der Waals surface area contributed by atoms with Gasteiger partial charge in [-0.15, -0.1) is 0 Å². The molecule has 5 heteroatoms. The van der Waals surface area contributed by atoms with E-state index in [-0.39, 0.29) is 24.0 Å². The summed E-state index contributed by atoms with van der Waals surface area (Å²) in [6, 6.07) is 15.6. The minimum absolute atomic E-state index is 0.0617. The molecular weight excluding hydrogens is 362 g/mol. The van der Waals surface area contributed by atoms with Crippen LogP contribution in [0, 0.1) is 18.6 Å². The van der Waals surface area contributed by atoms with E-state index in [2.05, 4.69) is 0 Å². The fourth-order valence-corrected chi connectivity index (χ4v) is 3.04. The molecule has 0 saturated carbocycles. The van der Waals surface area contributed by atoms with Gasteiger partial charge in [0, 0.05) is 11.1 Å². The number of ether oxygens (including phenoxy) is 2. The summed E-state index contributed by atoms with van der Waals surface area (Å²) in [5.74, 6) is 0.0174. The van der Waals surface area contributed by atoms with Crippen LogP contribution in [0.5, 0.6) is 11.5 Å². The molecule has 0 unspecified atom stereocenters. The van der Waals surface area contributed by atoms with Crippen LogP contribution in [0.2, 0.25) is 0 Å². The lowest BCUT2D eigenvalue weighted by Crippen LogP contribution is -2.00. The summed E-state index contributed by atoms with van der Waals surface area (Å²) in [4.78, 5) is 12.6. The number of benzene rings is 3. The molecule has 0 radical (unpaired) electrons. The van der Waals surface area contributed by atoms with Crippen molar-refractivity contribution in [1.82, 2.24) is 0 Å². The molecule has 0 aromatic heterocycles. The lowest BCUT2D eigenvalue weighted by molar-refractivity contribution is 0.101. The fourth-order valence-electron chi connectivity index (χ4n) is 3.04. The van der Waals surface area contributed by atoms with E-state index in [0.717, 1.165) is 0 Å². The highest BCUT2D eigenvalue weighted by molar-refractivity contribution is 6.14. The largest absolute Gasteiger partial charge is 0.488 e. The molecule has 0 fully saturated rings. The summed E-state index contributed by atoms with van der Waals surface area (Å²) in [7, 11) is 0. The molecule has 0 amide bonds. The Morgan fingerprint density at radius 1 is 1.04 bits per heavy atom. The van der Waals surface area contributed by atoms with Gasteiger partial charge in [-0.2, -0.15) is 0 Å². The SMILES string of the molecule is Cc1c(OCc2ccccc2F)ccc2c1O/C(=C\c1cccc(F)c1)C2=O. The zero-order valence-corrected chi connectivity index (χ0v) is 15.0. The molecular formula is C23H16F2O3. The summed E-state index contributed by atoms with van der Waals surface area (Å²) in [6.07, 6.45) is 1.50. The molecule has 140 valence electrons. The molecule has 28 heavy (non-hydrogen) atoms. The van der Waals surface area contributed by atoms with Crippen LogP contribution in [0.4, 0.5) is 8.78 Å². The van der Waals surface area contributed by atoms with Crippen LogP contribution < -0.4 is 9.47 Å². The predicted octanol–water partition coefficient (Wildman–Crippen LogP) is 5.47. The topological polar surface area (TPSA) is 35.5 Å². The van der Waals surface area contributed by atoms with E-state index < -0.39 is 5.82 Å². The van der Waals surface area contributed by atoms with Gasteiger partial charge in [-0.3, -0.25) is 4.79 Å². The summed E-state index contributed by atoms with van der Waals surface area (Å²) >= 11 is 0. The number of fused-ring (bicyclic) bond motifs is 1. The van der Waals surface area contributed by atoms with Gasteiger partial charge < -0.3 is 9.47 Å². The normalized spacial score (nSPS) is 14.1. The number of allylic oxidation sites excluding steroid dienone is 1. The average Bonchev–Trinajstić information content (AvgIpc) is 2.99. The Kier molecular flexibility index (Phi) is 4.65. The summed E-state index contributed by atoms with van der Waals surface area (Å²) in [5.41, 5.74) is 2.03. The maximum Gasteiger partial charge on any atom is 0.231 e. The van der Waals surface area contributed by atoms with Crippen LogP contribution in [-0.2, 0) is 6.61 Å². The van der Waals surface area contributed by atoms with Crippen molar-refractivity contribution >= 4 is 11.9 Å². The van der Waals surface area contributed by atoms with Crippen LogP contribution >= 0.6 is 0 Å². The molecule has 3 aromatic carbocycles. The number of carbonyl (C=O) groups excluding carboxylic acids is 1. The van der Waals surface area contributed by atoms with E-state index in [9.17, 15) is 13.6 Å². The second kappa shape index (κ2) is 7.27. The molecule has 1 heterocycles. The van der Waals surface area contributed by atoms with Crippen LogP contribution in [0.25, 0.3) is 6.08 Å². The number of carbonyl (C=O) groups is 1. The van der Waals surface area contributed by atoms with Crippen LogP contribution in [-0.4, -0.2) is 5.78 Å². The van der Waals surface area contributed by atoms with Crippen molar-refractivity contribution in [2.24, 2.45) is 0 Å². The summed E-state index contributed by atoms with van der Waals surface area (Å²) < 4.78 is 38.6. The Morgan fingerprint density at radius 3 is 2.64 bits per heavy atom. The minimum Gasteiger partial charge on any atom is -0.488 e. The Balaban J connectivity index is 1.59. The van der Waals surface area contributed by atoms with E-state index in [0.29, 0.717) is 33.8 Å². The fraction of sp³-hybridized carbons (Fsp3) is 0.0870. The van der Waals surface area contributed by atoms with Crippen molar-refractivity contribution in [3.05, 3.63) is 100 Å². The smallest absolute Gasteiger partial charge is 0.231 e. The summed E-state index contributed by atoms with van der Waals surface area (Å²) in [5, 5.41) is 0. The first-order chi connectivity index (χ1) is 13.5. The maximum absolute atomic E-state index is 13.8. The number of Topliss-reactive ketones (excluding diaryl/α,β-unsaturated/α-hetero) is 1. The highest BCUT2D eigenvalue weighted by atomic mass is 19.1. The standard InChI is InChI=1S/C23H16F2O3/c1-14-20(27-13-16-6-2-3-8-19(16)25)10-9-18-22(26)21(28-23(14)18)12-15-5-4-7-17(24)11-15/h2-12H,13H2,1H3/b21-12-. The zero-order valence-electron chi connectivity index (χ0n) is 15.0. The molecule has 1 aliphatic heterocycles. The van der Waals surface area contributed by atoms with E-state index in [4.69, 9.17) is 9.47 Å². The van der Waals surface area contributed by atoms with E-state index in [1.165, 1.54) is 24.3 Å². The Bertz CT molecular complexity index is 1100. The Hall–Kier alpha value is -3.47. The highest BCUT2D eigenvalue weighted by Gasteiger charge is 2.30. The third-order valence-electron chi connectivity index (χ3n) is 4.52. The molecule has 3 nitrogen and oxygen atoms in total.